The molecule has 0 spiro atoms. The SMILES string of the molecule is CN(C)CCCOc1ccc(N2Nc3ccc(Cl)cc3N2[O-])cc1.Cl. The molecule has 0 saturated carbocycles. The number of anilines is 3. The summed E-state index contributed by atoms with van der Waals surface area (Å²) in [6, 6.07) is 12.6. The summed E-state index contributed by atoms with van der Waals surface area (Å²) in [4.78, 5) is 2.12. The van der Waals surface area contributed by atoms with Crippen LogP contribution in [-0.2, 0) is 0 Å². The summed E-state index contributed by atoms with van der Waals surface area (Å²) in [5.74, 6) is 0.787. The predicted molar refractivity (Wildman–Crippen MR) is 106 cm³/mol. The molecule has 8 heteroatoms. The highest BCUT2D eigenvalue weighted by molar-refractivity contribution is 6.31. The number of fused-ring (bicyclic) bond motifs is 1. The molecule has 25 heavy (non-hydrogen) atoms. The van der Waals surface area contributed by atoms with E-state index in [-0.39, 0.29) is 12.4 Å². The average molecular weight is 384 g/mol. The number of benzene rings is 2. The Hall–Kier alpha value is -1.86. The molecular weight excluding hydrogens is 363 g/mol. The van der Waals surface area contributed by atoms with Crippen LogP contribution in [0.15, 0.2) is 42.5 Å². The molecule has 0 amide bonds. The van der Waals surface area contributed by atoms with E-state index in [9.17, 15) is 5.21 Å². The first-order valence-corrected chi connectivity index (χ1v) is 8.13. The van der Waals surface area contributed by atoms with E-state index in [1.54, 1.807) is 18.2 Å². The van der Waals surface area contributed by atoms with Crippen molar-refractivity contribution in [2.24, 2.45) is 0 Å². The summed E-state index contributed by atoms with van der Waals surface area (Å²) in [7, 11) is 4.08. The van der Waals surface area contributed by atoms with Gasteiger partial charge in [-0.3, -0.25) is 5.43 Å². The zero-order valence-corrected chi connectivity index (χ0v) is 15.7. The third-order valence-electron chi connectivity index (χ3n) is 3.67. The van der Waals surface area contributed by atoms with Crippen LogP contribution >= 0.6 is 24.0 Å². The Bertz CT molecular complexity index is 698. The highest BCUT2D eigenvalue weighted by Crippen LogP contribution is 2.37. The largest absolute Gasteiger partial charge is 0.737 e. The van der Waals surface area contributed by atoms with E-state index in [1.807, 2.05) is 38.4 Å². The van der Waals surface area contributed by atoms with E-state index in [1.165, 1.54) is 5.12 Å². The lowest BCUT2D eigenvalue weighted by Gasteiger charge is -2.35. The Morgan fingerprint density at radius 1 is 1.16 bits per heavy atom. The van der Waals surface area contributed by atoms with Crippen LogP contribution < -0.4 is 20.5 Å². The number of nitrogens with one attached hydrogen (secondary N) is 1. The average Bonchev–Trinajstić information content (AvgIpc) is 2.89. The molecule has 0 saturated heterocycles. The summed E-state index contributed by atoms with van der Waals surface area (Å²) in [6.07, 6.45) is 0.965. The molecule has 0 unspecified atom stereocenters. The van der Waals surface area contributed by atoms with Gasteiger partial charge < -0.3 is 20.0 Å². The molecule has 3 rings (SSSR count). The fraction of sp³-hybridized carbons (Fsp3) is 0.294. The molecule has 0 fully saturated rings. The van der Waals surface area contributed by atoms with Crippen molar-refractivity contribution >= 4 is 41.1 Å². The van der Waals surface area contributed by atoms with Crippen molar-refractivity contribution in [3.05, 3.63) is 52.7 Å². The smallest absolute Gasteiger partial charge is 0.119 e. The molecule has 6 nitrogen and oxygen atoms in total. The van der Waals surface area contributed by atoms with Crippen LogP contribution in [-0.4, -0.2) is 32.1 Å². The van der Waals surface area contributed by atoms with Gasteiger partial charge in [0.2, 0.25) is 0 Å². The van der Waals surface area contributed by atoms with Gasteiger partial charge in [0.05, 0.1) is 23.7 Å². The number of hydrazine groups is 2. The number of ether oxygens (including phenoxy) is 1. The Morgan fingerprint density at radius 3 is 2.56 bits per heavy atom. The maximum Gasteiger partial charge on any atom is 0.119 e. The van der Waals surface area contributed by atoms with Gasteiger partial charge in [0.1, 0.15) is 5.75 Å². The fourth-order valence-electron chi connectivity index (χ4n) is 2.45. The normalized spacial score (nSPS) is 12.7. The Balaban J connectivity index is 0.00000225. The van der Waals surface area contributed by atoms with E-state index in [2.05, 4.69) is 10.3 Å². The second-order valence-corrected chi connectivity index (χ2v) is 6.29. The van der Waals surface area contributed by atoms with E-state index >= 15 is 0 Å². The Kier molecular flexibility index (Phi) is 6.61. The van der Waals surface area contributed by atoms with Crippen molar-refractivity contribution in [2.75, 3.05) is 43.0 Å². The van der Waals surface area contributed by atoms with Gasteiger partial charge in [-0.1, -0.05) is 11.6 Å². The van der Waals surface area contributed by atoms with Gasteiger partial charge in [0, 0.05) is 11.6 Å². The maximum atomic E-state index is 12.4. The van der Waals surface area contributed by atoms with Crippen LogP contribution in [0.2, 0.25) is 5.02 Å². The topological polar surface area (TPSA) is 54.0 Å². The lowest BCUT2D eigenvalue weighted by Crippen LogP contribution is -2.37. The fourth-order valence-corrected chi connectivity index (χ4v) is 2.61. The molecule has 0 atom stereocenters. The summed E-state index contributed by atoms with van der Waals surface area (Å²) < 4.78 is 5.70. The van der Waals surface area contributed by atoms with Gasteiger partial charge >= 0.3 is 0 Å². The summed E-state index contributed by atoms with van der Waals surface area (Å²) >= 11 is 5.95. The standard InChI is InChI=1S/C17H20ClN4O2.ClH/c1-20(2)10-3-11-24-15-7-5-14(6-8-15)21-19-16-9-4-13(18)12-17(16)22(21)23;/h4-9,12,19H,3,10-11H2,1-2H3;1H/q-1;. The predicted octanol–water partition coefficient (Wildman–Crippen LogP) is 4.16. The number of halogens is 2. The maximum absolute atomic E-state index is 12.4. The first kappa shape index (κ1) is 19.5. The van der Waals surface area contributed by atoms with Gasteiger partial charge in [0.15, 0.2) is 0 Å². The van der Waals surface area contributed by atoms with Gasteiger partial charge in [0.25, 0.3) is 0 Å². The molecule has 0 bridgehead atoms. The van der Waals surface area contributed by atoms with E-state index in [0.717, 1.165) is 35.3 Å². The quantitative estimate of drug-likeness (QED) is 0.755. The molecule has 0 radical (unpaired) electrons. The van der Waals surface area contributed by atoms with Crippen LogP contribution in [0.3, 0.4) is 0 Å². The van der Waals surface area contributed by atoms with E-state index in [0.29, 0.717) is 17.3 Å². The first-order valence-electron chi connectivity index (χ1n) is 7.76. The molecule has 2 aromatic rings. The summed E-state index contributed by atoms with van der Waals surface area (Å²) in [6.45, 7) is 1.65. The minimum atomic E-state index is 0. The molecular formula is C17H21Cl2N4O2-. The van der Waals surface area contributed by atoms with Crippen LogP contribution in [0.25, 0.3) is 0 Å². The third kappa shape index (κ3) is 4.61. The highest BCUT2D eigenvalue weighted by Gasteiger charge is 2.21. The van der Waals surface area contributed by atoms with Crippen LogP contribution in [0.1, 0.15) is 6.42 Å². The minimum Gasteiger partial charge on any atom is -0.737 e. The lowest BCUT2D eigenvalue weighted by molar-refractivity contribution is 0.281. The van der Waals surface area contributed by atoms with Crippen LogP contribution in [0.4, 0.5) is 17.1 Å². The van der Waals surface area contributed by atoms with Crippen LogP contribution in [0, 0.1) is 5.21 Å². The zero-order chi connectivity index (χ0) is 17.1. The molecule has 1 aliphatic rings. The number of rotatable bonds is 6. The molecule has 0 aliphatic carbocycles. The van der Waals surface area contributed by atoms with Crippen LogP contribution in [0.5, 0.6) is 5.75 Å². The molecule has 136 valence electrons. The van der Waals surface area contributed by atoms with Gasteiger partial charge in [-0.05, 0) is 63.0 Å². The lowest BCUT2D eigenvalue weighted by atomic mass is 10.3. The number of hydrogen-bond acceptors (Lipinski definition) is 6. The molecule has 1 aliphatic heterocycles. The number of nitrogens with zero attached hydrogens (tertiary/aromatic N) is 3. The van der Waals surface area contributed by atoms with Gasteiger partial charge in [-0.2, -0.15) is 0 Å². The van der Waals surface area contributed by atoms with Crippen molar-refractivity contribution in [3.8, 4) is 5.75 Å². The molecule has 0 aromatic heterocycles. The second-order valence-electron chi connectivity index (χ2n) is 5.86. The van der Waals surface area contributed by atoms with E-state index < -0.39 is 0 Å². The summed E-state index contributed by atoms with van der Waals surface area (Å²) in [5, 5.41) is 15.1. The van der Waals surface area contributed by atoms with Crippen molar-refractivity contribution < 1.29 is 4.74 Å². The summed E-state index contributed by atoms with van der Waals surface area (Å²) in [5.41, 5.74) is 4.99. The van der Waals surface area contributed by atoms with Crippen molar-refractivity contribution in [1.29, 1.82) is 0 Å². The Morgan fingerprint density at radius 2 is 1.88 bits per heavy atom. The monoisotopic (exact) mass is 383 g/mol. The van der Waals surface area contributed by atoms with Gasteiger partial charge in [-0.25, -0.2) is 5.12 Å². The van der Waals surface area contributed by atoms with E-state index in [4.69, 9.17) is 16.3 Å². The minimum absolute atomic E-state index is 0. The van der Waals surface area contributed by atoms with Crippen molar-refractivity contribution in [3.63, 3.8) is 0 Å². The van der Waals surface area contributed by atoms with Gasteiger partial charge in [-0.15, -0.1) is 12.4 Å². The Labute approximate surface area is 158 Å². The highest BCUT2D eigenvalue weighted by atomic mass is 35.5. The molecule has 2 aromatic carbocycles. The molecule has 1 N–H and O–H groups in total. The molecule has 1 heterocycles. The second kappa shape index (κ2) is 8.49. The first-order chi connectivity index (χ1) is 11.5. The van der Waals surface area contributed by atoms with Crippen molar-refractivity contribution in [2.45, 2.75) is 6.42 Å². The third-order valence-corrected chi connectivity index (χ3v) is 3.91. The number of hydrogen-bond donors (Lipinski definition) is 1. The zero-order valence-electron chi connectivity index (χ0n) is 14.1. The van der Waals surface area contributed by atoms with Crippen molar-refractivity contribution in [1.82, 2.24) is 4.90 Å².